The smallest absolute Gasteiger partial charge is 0.203 e. The standard InChI is InChI=1S/C15H19N3/c1-2-18-11-10-16-15(18)17-14-9-5-7-12-6-3-4-8-13(12)14/h3-4,6,8,10-11,14H,2,5,7,9H2,1H3,(H,16,17). The van der Waals surface area contributed by atoms with Gasteiger partial charge in [0.1, 0.15) is 0 Å². The monoisotopic (exact) mass is 241 g/mol. The second-order valence-electron chi connectivity index (χ2n) is 4.82. The van der Waals surface area contributed by atoms with Gasteiger partial charge in [0.2, 0.25) is 5.95 Å². The zero-order valence-electron chi connectivity index (χ0n) is 10.8. The third-order valence-corrected chi connectivity index (χ3v) is 3.73. The molecule has 0 spiro atoms. The van der Waals surface area contributed by atoms with Crippen molar-refractivity contribution in [2.75, 3.05) is 5.32 Å². The molecule has 1 unspecified atom stereocenters. The van der Waals surface area contributed by atoms with Gasteiger partial charge in [-0.1, -0.05) is 24.3 Å². The SMILES string of the molecule is CCn1ccnc1NC1CCCc2ccccc21. The summed E-state index contributed by atoms with van der Waals surface area (Å²) in [5, 5.41) is 3.59. The van der Waals surface area contributed by atoms with Gasteiger partial charge in [0.05, 0.1) is 6.04 Å². The molecule has 0 saturated carbocycles. The van der Waals surface area contributed by atoms with Crippen LogP contribution in [0.1, 0.15) is 36.9 Å². The predicted molar refractivity (Wildman–Crippen MR) is 73.6 cm³/mol. The molecule has 0 saturated heterocycles. The molecule has 1 aromatic heterocycles. The van der Waals surface area contributed by atoms with Gasteiger partial charge in [-0.25, -0.2) is 4.98 Å². The number of fused-ring (bicyclic) bond motifs is 1. The maximum absolute atomic E-state index is 4.41. The first-order valence-electron chi connectivity index (χ1n) is 6.74. The van der Waals surface area contributed by atoms with Gasteiger partial charge in [0.15, 0.2) is 0 Å². The summed E-state index contributed by atoms with van der Waals surface area (Å²) in [5.74, 6) is 0.985. The molecule has 2 aromatic rings. The third kappa shape index (κ3) is 2.01. The van der Waals surface area contributed by atoms with Crippen molar-refractivity contribution in [2.45, 2.75) is 38.8 Å². The van der Waals surface area contributed by atoms with E-state index in [1.165, 1.54) is 30.4 Å². The Balaban J connectivity index is 1.86. The number of aromatic nitrogens is 2. The van der Waals surface area contributed by atoms with Crippen molar-refractivity contribution in [3.63, 3.8) is 0 Å². The fourth-order valence-corrected chi connectivity index (χ4v) is 2.76. The first-order chi connectivity index (χ1) is 8.88. The van der Waals surface area contributed by atoms with Gasteiger partial charge < -0.3 is 9.88 Å². The fraction of sp³-hybridized carbons (Fsp3) is 0.400. The van der Waals surface area contributed by atoms with Gasteiger partial charge in [0, 0.05) is 18.9 Å². The van der Waals surface area contributed by atoms with Crippen LogP contribution in [-0.4, -0.2) is 9.55 Å². The highest BCUT2D eigenvalue weighted by Crippen LogP contribution is 2.31. The van der Waals surface area contributed by atoms with Crippen LogP contribution in [0.15, 0.2) is 36.7 Å². The van der Waals surface area contributed by atoms with Gasteiger partial charge in [-0.15, -0.1) is 0 Å². The summed E-state index contributed by atoms with van der Waals surface area (Å²) in [4.78, 5) is 4.41. The van der Waals surface area contributed by atoms with Crippen molar-refractivity contribution in [1.29, 1.82) is 0 Å². The van der Waals surface area contributed by atoms with Crippen LogP contribution in [0.2, 0.25) is 0 Å². The zero-order valence-corrected chi connectivity index (χ0v) is 10.8. The fourth-order valence-electron chi connectivity index (χ4n) is 2.76. The lowest BCUT2D eigenvalue weighted by Gasteiger charge is -2.26. The Kier molecular flexibility index (Phi) is 3.05. The number of aryl methyl sites for hydroxylation is 2. The highest BCUT2D eigenvalue weighted by molar-refractivity contribution is 5.39. The Hall–Kier alpha value is -1.77. The number of nitrogens with zero attached hydrogens (tertiary/aromatic N) is 2. The van der Waals surface area contributed by atoms with Crippen molar-refractivity contribution < 1.29 is 0 Å². The first kappa shape index (κ1) is 11.3. The minimum atomic E-state index is 0.405. The molecular formula is C15H19N3. The van der Waals surface area contributed by atoms with E-state index in [0.29, 0.717) is 6.04 Å². The van der Waals surface area contributed by atoms with Gasteiger partial charge >= 0.3 is 0 Å². The summed E-state index contributed by atoms with van der Waals surface area (Å²) in [7, 11) is 0. The second-order valence-corrected chi connectivity index (χ2v) is 4.82. The second kappa shape index (κ2) is 4.84. The molecule has 0 radical (unpaired) electrons. The van der Waals surface area contributed by atoms with Crippen LogP contribution in [0, 0.1) is 0 Å². The number of imidazole rings is 1. The summed E-state index contributed by atoms with van der Waals surface area (Å²) < 4.78 is 2.15. The molecule has 3 nitrogen and oxygen atoms in total. The number of nitrogens with one attached hydrogen (secondary N) is 1. The number of rotatable bonds is 3. The summed E-state index contributed by atoms with van der Waals surface area (Å²) in [6.07, 6.45) is 7.53. The number of anilines is 1. The molecule has 1 atom stereocenters. The molecule has 0 fully saturated rings. The molecule has 18 heavy (non-hydrogen) atoms. The van der Waals surface area contributed by atoms with Crippen LogP contribution < -0.4 is 5.32 Å². The number of hydrogen-bond acceptors (Lipinski definition) is 2. The molecule has 3 rings (SSSR count). The van der Waals surface area contributed by atoms with Gasteiger partial charge in [-0.2, -0.15) is 0 Å². The quantitative estimate of drug-likeness (QED) is 0.892. The Morgan fingerprint density at radius 2 is 2.28 bits per heavy atom. The summed E-state index contributed by atoms with van der Waals surface area (Å²) >= 11 is 0. The van der Waals surface area contributed by atoms with Gasteiger partial charge in [-0.05, 0) is 37.3 Å². The summed E-state index contributed by atoms with van der Waals surface area (Å²) in [6, 6.07) is 9.16. The maximum atomic E-state index is 4.41. The van der Waals surface area contributed by atoms with Crippen molar-refractivity contribution in [2.24, 2.45) is 0 Å². The van der Waals surface area contributed by atoms with E-state index in [9.17, 15) is 0 Å². The molecule has 0 aliphatic heterocycles. The van der Waals surface area contributed by atoms with Crippen molar-refractivity contribution >= 4 is 5.95 Å². The number of benzene rings is 1. The molecule has 1 aromatic carbocycles. The molecule has 3 heteroatoms. The largest absolute Gasteiger partial charge is 0.349 e. The lowest BCUT2D eigenvalue weighted by Crippen LogP contribution is -2.19. The van der Waals surface area contributed by atoms with E-state index in [2.05, 4.69) is 46.1 Å². The van der Waals surface area contributed by atoms with Crippen molar-refractivity contribution in [1.82, 2.24) is 9.55 Å². The highest BCUT2D eigenvalue weighted by atomic mass is 15.2. The Morgan fingerprint density at radius 3 is 3.17 bits per heavy atom. The van der Waals surface area contributed by atoms with Gasteiger partial charge in [0.25, 0.3) is 0 Å². The molecule has 1 aliphatic carbocycles. The van der Waals surface area contributed by atoms with Crippen LogP contribution in [0.3, 0.4) is 0 Å². The van der Waals surface area contributed by atoms with E-state index < -0.39 is 0 Å². The Labute approximate surface area is 108 Å². The Morgan fingerprint density at radius 1 is 1.39 bits per heavy atom. The van der Waals surface area contributed by atoms with Gasteiger partial charge in [-0.3, -0.25) is 0 Å². The highest BCUT2D eigenvalue weighted by Gasteiger charge is 2.20. The van der Waals surface area contributed by atoms with Crippen LogP contribution in [-0.2, 0) is 13.0 Å². The zero-order chi connectivity index (χ0) is 12.4. The molecule has 1 N–H and O–H groups in total. The van der Waals surface area contributed by atoms with Crippen LogP contribution >= 0.6 is 0 Å². The Bertz CT molecular complexity index is 530. The van der Waals surface area contributed by atoms with Crippen molar-refractivity contribution in [3.05, 3.63) is 47.8 Å². The summed E-state index contributed by atoms with van der Waals surface area (Å²) in [6.45, 7) is 3.10. The molecule has 0 amide bonds. The van der Waals surface area contributed by atoms with E-state index in [1.54, 1.807) is 0 Å². The lowest BCUT2D eigenvalue weighted by molar-refractivity contribution is 0.590. The molecular weight excluding hydrogens is 222 g/mol. The van der Waals surface area contributed by atoms with E-state index in [0.717, 1.165) is 12.5 Å². The van der Waals surface area contributed by atoms with E-state index in [1.807, 2.05) is 12.4 Å². The third-order valence-electron chi connectivity index (χ3n) is 3.73. The normalized spacial score (nSPS) is 18.4. The first-order valence-corrected chi connectivity index (χ1v) is 6.74. The predicted octanol–water partition coefficient (Wildman–Crippen LogP) is 3.39. The molecule has 1 aliphatic rings. The minimum Gasteiger partial charge on any atom is -0.349 e. The van der Waals surface area contributed by atoms with E-state index >= 15 is 0 Å². The van der Waals surface area contributed by atoms with Crippen LogP contribution in [0.4, 0.5) is 5.95 Å². The van der Waals surface area contributed by atoms with Crippen LogP contribution in [0.5, 0.6) is 0 Å². The molecule has 1 heterocycles. The van der Waals surface area contributed by atoms with Crippen LogP contribution in [0.25, 0.3) is 0 Å². The summed E-state index contributed by atoms with van der Waals surface area (Å²) in [5.41, 5.74) is 2.92. The number of hydrogen-bond donors (Lipinski definition) is 1. The molecule has 94 valence electrons. The minimum absolute atomic E-state index is 0.405. The average molecular weight is 241 g/mol. The topological polar surface area (TPSA) is 29.9 Å². The lowest BCUT2D eigenvalue weighted by atomic mass is 9.88. The van der Waals surface area contributed by atoms with E-state index in [4.69, 9.17) is 0 Å². The maximum Gasteiger partial charge on any atom is 0.203 e. The van der Waals surface area contributed by atoms with E-state index in [-0.39, 0.29) is 0 Å². The molecule has 0 bridgehead atoms. The average Bonchev–Trinajstić information content (AvgIpc) is 2.86. The van der Waals surface area contributed by atoms with Crippen molar-refractivity contribution in [3.8, 4) is 0 Å².